The van der Waals surface area contributed by atoms with E-state index in [9.17, 15) is 4.79 Å². The van der Waals surface area contributed by atoms with Gasteiger partial charge in [0.2, 0.25) is 0 Å². The largest absolute Gasteiger partial charge is 0.306 e. The molecule has 0 atom stereocenters. The van der Waals surface area contributed by atoms with Gasteiger partial charge in [0.1, 0.15) is 10.3 Å². The van der Waals surface area contributed by atoms with Gasteiger partial charge in [-0.25, -0.2) is 4.98 Å². The fraction of sp³-hybridized carbons (Fsp3) is 0.286. The van der Waals surface area contributed by atoms with Crippen molar-refractivity contribution in [1.29, 1.82) is 0 Å². The van der Waals surface area contributed by atoms with Crippen LogP contribution in [0.1, 0.15) is 24.6 Å². The standard InChI is InChI=1S/C14H14BrClN2O/c1-3-4-11-12(15)14(19)18-13(17-11)9-6-5-8(2)10(16)7-9/h5-7H,3-4H2,1-2H3,(H,17,18,19). The number of hydrogen-bond donors (Lipinski definition) is 1. The first kappa shape index (κ1) is 14.3. The lowest BCUT2D eigenvalue weighted by Crippen LogP contribution is -2.13. The summed E-state index contributed by atoms with van der Waals surface area (Å²) in [5, 5.41) is 0.667. The number of rotatable bonds is 3. The van der Waals surface area contributed by atoms with E-state index in [0.29, 0.717) is 15.3 Å². The van der Waals surface area contributed by atoms with Crippen LogP contribution in [0.4, 0.5) is 0 Å². The van der Waals surface area contributed by atoms with Crippen LogP contribution in [0.3, 0.4) is 0 Å². The zero-order chi connectivity index (χ0) is 14.0. The Balaban J connectivity index is 2.56. The number of aromatic amines is 1. The van der Waals surface area contributed by atoms with Crippen molar-refractivity contribution >= 4 is 27.5 Å². The van der Waals surface area contributed by atoms with Crippen LogP contribution in [0.25, 0.3) is 11.4 Å². The summed E-state index contributed by atoms with van der Waals surface area (Å²) in [5.74, 6) is 0.554. The highest BCUT2D eigenvalue weighted by molar-refractivity contribution is 9.10. The van der Waals surface area contributed by atoms with Crippen molar-refractivity contribution in [2.24, 2.45) is 0 Å². The second-order valence-electron chi connectivity index (χ2n) is 4.39. The molecule has 0 saturated carbocycles. The highest BCUT2D eigenvalue weighted by atomic mass is 79.9. The maximum absolute atomic E-state index is 11.9. The highest BCUT2D eigenvalue weighted by Crippen LogP contribution is 2.23. The van der Waals surface area contributed by atoms with Crippen molar-refractivity contribution in [1.82, 2.24) is 9.97 Å². The second-order valence-corrected chi connectivity index (χ2v) is 5.59. The molecular weight excluding hydrogens is 328 g/mol. The molecule has 1 aromatic heterocycles. The average Bonchev–Trinajstić information content (AvgIpc) is 2.38. The summed E-state index contributed by atoms with van der Waals surface area (Å²) >= 11 is 9.39. The minimum atomic E-state index is -0.162. The number of aryl methyl sites for hydroxylation is 2. The Bertz CT molecular complexity index is 667. The van der Waals surface area contributed by atoms with Gasteiger partial charge in [-0.15, -0.1) is 0 Å². The molecule has 3 nitrogen and oxygen atoms in total. The van der Waals surface area contributed by atoms with Crippen LogP contribution in [0.5, 0.6) is 0 Å². The fourth-order valence-corrected chi connectivity index (χ4v) is 2.35. The minimum Gasteiger partial charge on any atom is -0.306 e. The van der Waals surface area contributed by atoms with E-state index in [1.54, 1.807) is 0 Å². The van der Waals surface area contributed by atoms with Crippen LogP contribution in [0.15, 0.2) is 27.5 Å². The Labute approximate surface area is 125 Å². The maximum Gasteiger partial charge on any atom is 0.265 e. The van der Waals surface area contributed by atoms with Gasteiger partial charge in [-0.3, -0.25) is 4.79 Å². The Hall–Kier alpha value is -1.13. The average molecular weight is 342 g/mol. The Morgan fingerprint density at radius 2 is 2.16 bits per heavy atom. The van der Waals surface area contributed by atoms with Crippen molar-refractivity contribution in [2.45, 2.75) is 26.7 Å². The van der Waals surface area contributed by atoms with E-state index < -0.39 is 0 Å². The summed E-state index contributed by atoms with van der Waals surface area (Å²) < 4.78 is 0.510. The summed E-state index contributed by atoms with van der Waals surface area (Å²) in [6, 6.07) is 5.64. The van der Waals surface area contributed by atoms with E-state index in [2.05, 4.69) is 32.8 Å². The topological polar surface area (TPSA) is 45.8 Å². The van der Waals surface area contributed by atoms with Gasteiger partial charge in [0.25, 0.3) is 5.56 Å². The minimum absolute atomic E-state index is 0.162. The molecule has 0 aliphatic rings. The Morgan fingerprint density at radius 1 is 1.42 bits per heavy atom. The zero-order valence-electron chi connectivity index (χ0n) is 10.8. The van der Waals surface area contributed by atoms with Gasteiger partial charge in [-0.05, 0) is 40.9 Å². The molecule has 0 unspecified atom stereocenters. The quantitative estimate of drug-likeness (QED) is 0.913. The molecule has 1 N–H and O–H groups in total. The first-order chi connectivity index (χ1) is 9.02. The number of benzene rings is 1. The van der Waals surface area contributed by atoms with E-state index in [0.717, 1.165) is 29.7 Å². The van der Waals surface area contributed by atoms with E-state index in [1.807, 2.05) is 25.1 Å². The second kappa shape index (κ2) is 5.88. The molecule has 1 heterocycles. The molecule has 0 bridgehead atoms. The van der Waals surface area contributed by atoms with E-state index in [-0.39, 0.29) is 5.56 Å². The molecule has 0 spiro atoms. The van der Waals surface area contributed by atoms with Crippen molar-refractivity contribution in [2.75, 3.05) is 0 Å². The third-order valence-corrected chi connectivity index (χ3v) is 4.09. The van der Waals surface area contributed by atoms with Crippen LogP contribution in [-0.4, -0.2) is 9.97 Å². The lowest BCUT2D eigenvalue weighted by Gasteiger charge is -2.07. The molecule has 5 heteroatoms. The normalized spacial score (nSPS) is 10.7. The van der Waals surface area contributed by atoms with Crippen LogP contribution < -0.4 is 5.56 Å². The Morgan fingerprint density at radius 3 is 2.79 bits per heavy atom. The van der Waals surface area contributed by atoms with Crippen molar-refractivity contribution in [3.63, 3.8) is 0 Å². The number of hydrogen-bond acceptors (Lipinski definition) is 2. The van der Waals surface area contributed by atoms with Gasteiger partial charge >= 0.3 is 0 Å². The third kappa shape index (κ3) is 3.07. The number of H-pyrrole nitrogens is 1. The van der Waals surface area contributed by atoms with E-state index >= 15 is 0 Å². The molecule has 19 heavy (non-hydrogen) atoms. The predicted octanol–water partition coefficient (Wildman–Crippen LogP) is 4.11. The summed E-state index contributed by atoms with van der Waals surface area (Å²) in [4.78, 5) is 19.2. The molecule has 0 aliphatic heterocycles. The number of nitrogens with zero attached hydrogens (tertiary/aromatic N) is 1. The van der Waals surface area contributed by atoms with Crippen molar-refractivity contribution in [3.05, 3.63) is 49.3 Å². The van der Waals surface area contributed by atoms with Crippen LogP contribution >= 0.6 is 27.5 Å². The first-order valence-electron chi connectivity index (χ1n) is 6.08. The molecule has 0 aliphatic carbocycles. The van der Waals surface area contributed by atoms with Crippen molar-refractivity contribution < 1.29 is 0 Å². The smallest absolute Gasteiger partial charge is 0.265 e. The first-order valence-corrected chi connectivity index (χ1v) is 7.25. The van der Waals surface area contributed by atoms with Crippen molar-refractivity contribution in [3.8, 4) is 11.4 Å². The summed E-state index contributed by atoms with van der Waals surface area (Å²) in [7, 11) is 0. The molecule has 2 rings (SSSR count). The molecule has 0 saturated heterocycles. The van der Waals surface area contributed by atoms with Gasteiger partial charge < -0.3 is 4.98 Å². The molecular formula is C14H14BrClN2O. The Kier molecular flexibility index (Phi) is 4.42. The van der Waals surface area contributed by atoms with Crippen LogP contribution in [0, 0.1) is 6.92 Å². The van der Waals surface area contributed by atoms with Gasteiger partial charge in [0.15, 0.2) is 0 Å². The fourth-order valence-electron chi connectivity index (χ4n) is 1.78. The van der Waals surface area contributed by atoms with Gasteiger partial charge in [-0.1, -0.05) is 37.1 Å². The third-order valence-electron chi connectivity index (χ3n) is 2.86. The number of nitrogens with one attached hydrogen (secondary N) is 1. The number of aromatic nitrogens is 2. The monoisotopic (exact) mass is 340 g/mol. The maximum atomic E-state index is 11.9. The molecule has 0 radical (unpaired) electrons. The molecule has 100 valence electrons. The number of halogens is 2. The molecule has 2 aromatic rings. The lowest BCUT2D eigenvalue weighted by molar-refractivity contribution is 0.861. The van der Waals surface area contributed by atoms with E-state index in [4.69, 9.17) is 11.6 Å². The van der Waals surface area contributed by atoms with Crippen LogP contribution in [-0.2, 0) is 6.42 Å². The predicted molar refractivity (Wildman–Crippen MR) is 81.7 cm³/mol. The lowest BCUT2D eigenvalue weighted by atomic mass is 10.1. The van der Waals surface area contributed by atoms with Gasteiger partial charge in [0, 0.05) is 10.6 Å². The molecule has 0 amide bonds. The highest BCUT2D eigenvalue weighted by Gasteiger charge is 2.10. The summed E-state index contributed by atoms with van der Waals surface area (Å²) in [5.41, 5.74) is 2.43. The molecule has 1 aromatic carbocycles. The van der Waals surface area contributed by atoms with Crippen LogP contribution in [0.2, 0.25) is 5.02 Å². The zero-order valence-corrected chi connectivity index (χ0v) is 13.1. The van der Waals surface area contributed by atoms with Gasteiger partial charge in [-0.2, -0.15) is 0 Å². The molecule has 0 fully saturated rings. The van der Waals surface area contributed by atoms with E-state index in [1.165, 1.54) is 0 Å². The summed E-state index contributed by atoms with van der Waals surface area (Å²) in [6.45, 7) is 3.99. The SMILES string of the molecule is CCCc1nc(-c2ccc(C)c(Cl)c2)[nH]c(=O)c1Br. The summed E-state index contributed by atoms with van der Waals surface area (Å²) in [6.07, 6.45) is 1.69. The van der Waals surface area contributed by atoms with Gasteiger partial charge in [0.05, 0.1) is 5.69 Å².